The number of nitrogens with one attached hydrogen (secondary N) is 1. The molecule has 0 fully saturated rings. The fourth-order valence-corrected chi connectivity index (χ4v) is 2.54. The van der Waals surface area contributed by atoms with Crippen molar-refractivity contribution in [3.05, 3.63) is 63.1 Å². The van der Waals surface area contributed by atoms with Crippen LogP contribution in [0, 0.1) is 0 Å². The van der Waals surface area contributed by atoms with Gasteiger partial charge in [0.2, 0.25) is 0 Å². The summed E-state index contributed by atoms with van der Waals surface area (Å²) in [6.07, 6.45) is 0. The minimum Gasteiger partial charge on any atom is -0.484 e. The fourth-order valence-electron chi connectivity index (χ4n) is 1.91. The van der Waals surface area contributed by atoms with Gasteiger partial charge in [-0.25, -0.2) is 4.79 Å². The van der Waals surface area contributed by atoms with E-state index in [0.29, 0.717) is 26.4 Å². The Morgan fingerprint density at radius 2 is 1.58 bits per heavy atom. The van der Waals surface area contributed by atoms with E-state index in [-0.39, 0.29) is 6.61 Å². The van der Waals surface area contributed by atoms with E-state index < -0.39 is 17.9 Å². The Hall–Kier alpha value is -1.95. The highest BCUT2D eigenvalue weighted by Crippen LogP contribution is 2.24. The second kappa shape index (κ2) is 8.24. The predicted octanol–water partition coefficient (Wildman–Crippen LogP) is 3.97. The molecule has 0 bridgehead atoms. The lowest BCUT2D eigenvalue weighted by molar-refractivity contribution is -0.142. The molecule has 24 heavy (non-hydrogen) atoms. The molecule has 2 aromatic carbocycles. The maximum absolute atomic E-state index is 11.9. The Balaban J connectivity index is 2.00. The lowest BCUT2D eigenvalue weighted by Gasteiger charge is -2.15. The van der Waals surface area contributed by atoms with Crippen LogP contribution < -0.4 is 10.1 Å². The van der Waals surface area contributed by atoms with Crippen LogP contribution >= 0.6 is 34.8 Å². The molecule has 0 aliphatic carbocycles. The molecule has 2 rings (SSSR count). The fraction of sp³-hybridized carbons (Fsp3) is 0.125. The number of halogens is 3. The first-order valence-electron chi connectivity index (χ1n) is 6.71. The Morgan fingerprint density at radius 3 is 2.12 bits per heavy atom. The number of hydrogen-bond acceptors (Lipinski definition) is 3. The summed E-state index contributed by atoms with van der Waals surface area (Å²) in [4.78, 5) is 23.3. The number of amides is 1. The third-order valence-electron chi connectivity index (χ3n) is 2.96. The van der Waals surface area contributed by atoms with Crippen LogP contribution in [0.25, 0.3) is 0 Å². The molecule has 0 aliphatic rings. The molecule has 0 saturated carbocycles. The molecular formula is C16H12Cl3NO4. The van der Waals surface area contributed by atoms with Crippen LogP contribution in [-0.2, 0) is 9.59 Å². The molecule has 0 saturated heterocycles. The minimum atomic E-state index is -1.21. The number of ether oxygens (including phenoxy) is 1. The smallest absolute Gasteiger partial charge is 0.330 e. The van der Waals surface area contributed by atoms with Crippen molar-refractivity contribution in [2.75, 3.05) is 6.61 Å². The van der Waals surface area contributed by atoms with E-state index in [1.54, 1.807) is 12.1 Å². The molecule has 2 aromatic rings. The SMILES string of the molecule is O=C(COc1cc(Cl)cc(Cl)c1)N[C@H](C(=O)O)c1ccc(Cl)cc1. The van der Waals surface area contributed by atoms with Crippen LogP contribution in [-0.4, -0.2) is 23.6 Å². The summed E-state index contributed by atoms with van der Waals surface area (Å²) in [5.41, 5.74) is 0.394. The number of carboxylic acids is 1. The third kappa shape index (κ3) is 5.30. The largest absolute Gasteiger partial charge is 0.484 e. The third-order valence-corrected chi connectivity index (χ3v) is 3.65. The van der Waals surface area contributed by atoms with Crippen molar-refractivity contribution in [1.29, 1.82) is 0 Å². The molecule has 0 unspecified atom stereocenters. The lowest BCUT2D eigenvalue weighted by Crippen LogP contribution is -2.36. The van der Waals surface area contributed by atoms with Crippen LogP contribution in [0.4, 0.5) is 0 Å². The van der Waals surface area contributed by atoms with E-state index in [9.17, 15) is 14.7 Å². The minimum absolute atomic E-state index is 0.306. The average molecular weight is 389 g/mol. The van der Waals surface area contributed by atoms with Gasteiger partial charge in [0.05, 0.1) is 0 Å². The number of carbonyl (C=O) groups excluding carboxylic acids is 1. The topological polar surface area (TPSA) is 75.6 Å². The monoisotopic (exact) mass is 387 g/mol. The highest BCUT2D eigenvalue weighted by Gasteiger charge is 2.22. The number of carbonyl (C=O) groups is 2. The van der Waals surface area contributed by atoms with Crippen molar-refractivity contribution < 1.29 is 19.4 Å². The first kappa shape index (κ1) is 18.4. The molecule has 0 heterocycles. The van der Waals surface area contributed by atoms with Crippen LogP contribution in [0.3, 0.4) is 0 Å². The van der Waals surface area contributed by atoms with E-state index >= 15 is 0 Å². The zero-order chi connectivity index (χ0) is 17.7. The van der Waals surface area contributed by atoms with Gasteiger partial charge in [0.15, 0.2) is 12.6 Å². The Kier molecular flexibility index (Phi) is 6.31. The normalized spacial score (nSPS) is 11.6. The van der Waals surface area contributed by atoms with Crippen LogP contribution in [0.5, 0.6) is 5.75 Å². The zero-order valence-electron chi connectivity index (χ0n) is 12.1. The van der Waals surface area contributed by atoms with Gasteiger partial charge in [0, 0.05) is 15.1 Å². The molecule has 5 nitrogen and oxygen atoms in total. The average Bonchev–Trinajstić information content (AvgIpc) is 2.50. The molecule has 1 atom stereocenters. The van der Waals surface area contributed by atoms with Gasteiger partial charge in [-0.3, -0.25) is 4.79 Å². The van der Waals surface area contributed by atoms with Crippen molar-refractivity contribution in [2.24, 2.45) is 0 Å². The van der Waals surface area contributed by atoms with E-state index in [1.165, 1.54) is 30.3 Å². The van der Waals surface area contributed by atoms with Crippen molar-refractivity contribution in [1.82, 2.24) is 5.32 Å². The second-order valence-corrected chi connectivity index (χ2v) is 6.09. The lowest BCUT2D eigenvalue weighted by atomic mass is 10.1. The maximum atomic E-state index is 11.9. The summed E-state index contributed by atoms with van der Waals surface area (Å²) in [7, 11) is 0. The molecule has 0 aromatic heterocycles. The number of hydrogen-bond donors (Lipinski definition) is 2. The highest BCUT2D eigenvalue weighted by atomic mass is 35.5. The number of aliphatic carboxylic acids is 1. The highest BCUT2D eigenvalue weighted by molar-refractivity contribution is 6.34. The Labute approximate surface area is 153 Å². The molecule has 126 valence electrons. The quantitative estimate of drug-likeness (QED) is 0.785. The molecule has 0 radical (unpaired) electrons. The predicted molar refractivity (Wildman–Crippen MR) is 91.9 cm³/mol. The van der Waals surface area contributed by atoms with Gasteiger partial charge in [-0.1, -0.05) is 46.9 Å². The maximum Gasteiger partial charge on any atom is 0.330 e. The molecule has 8 heteroatoms. The summed E-state index contributed by atoms with van der Waals surface area (Å²) < 4.78 is 5.27. The number of carboxylic acid groups (broad SMARTS) is 1. The van der Waals surface area contributed by atoms with Gasteiger partial charge in [0.25, 0.3) is 5.91 Å². The molecule has 1 amide bonds. The molecule has 2 N–H and O–H groups in total. The van der Waals surface area contributed by atoms with Crippen LogP contribution in [0.15, 0.2) is 42.5 Å². The molecule has 0 spiro atoms. The molecule has 0 aliphatic heterocycles. The van der Waals surface area contributed by atoms with Crippen molar-refractivity contribution in [2.45, 2.75) is 6.04 Å². The van der Waals surface area contributed by atoms with Gasteiger partial charge < -0.3 is 15.2 Å². The van der Waals surface area contributed by atoms with Gasteiger partial charge in [-0.2, -0.15) is 0 Å². The van der Waals surface area contributed by atoms with Crippen LogP contribution in [0.2, 0.25) is 15.1 Å². The Bertz CT molecular complexity index is 729. The summed E-state index contributed by atoms with van der Waals surface area (Å²) in [5, 5.41) is 12.9. The van der Waals surface area contributed by atoms with Gasteiger partial charge in [-0.15, -0.1) is 0 Å². The van der Waals surface area contributed by atoms with E-state index in [2.05, 4.69) is 5.32 Å². The number of rotatable bonds is 6. The summed E-state index contributed by atoms with van der Waals surface area (Å²) in [6, 6.07) is 9.45. The van der Waals surface area contributed by atoms with E-state index in [0.717, 1.165) is 0 Å². The zero-order valence-corrected chi connectivity index (χ0v) is 14.4. The van der Waals surface area contributed by atoms with Crippen molar-refractivity contribution in [3.63, 3.8) is 0 Å². The standard InChI is InChI=1S/C16H12Cl3NO4/c17-10-3-1-9(2-4-10)15(16(22)23)20-14(21)8-24-13-6-11(18)5-12(19)7-13/h1-7,15H,8H2,(H,20,21)(H,22,23)/t15-/m0/s1. The second-order valence-electron chi connectivity index (χ2n) is 4.78. The van der Waals surface area contributed by atoms with Crippen molar-refractivity contribution >= 4 is 46.7 Å². The van der Waals surface area contributed by atoms with Gasteiger partial charge in [0.1, 0.15) is 5.75 Å². The number of benzene rings is 2. The summed E-state index contributed by atoms with van der Waals surface area (Å²) in [5.74, 6) is -1.49. The van der Waals surface area contributed by atoms with Gasteiger partial charge in [-0.05, 0) is 35.9 Å². The van der Waals surface area contributed by atoms with Crippen molar-refractivity contribution in [3.8, 4) is 5.75 Å². The van der Waals surface area contributed by atoms with E-state index in [1.807, 2.05) is 0 Å². The van der Waals surface area contributed by atoms with E-state index in [4.69, 9.17) is 39.5 Å². The first-order valence-corrected chi connectivity index (χ1v) is 7.85. The summed E-state index contributed by atoms with van der Waals surface area (Å²) >= 11 is 17.4. The Morgan fingerprint density at radius 1 is 1.00 bits per heavy atom. The summed E-state index contributed by atoms with van der Waals surface area (Å²) in [6.45, 7) is -0.381. The molecular weight excluding hydrogens is 377 g/mol. The van der Waals surface area contributed by atoms with Gasteiger partial charge >= 0.3 is 5.97 Å². The first-order chi connectivity index (χ1) is 11.3. The van der Waals surface area contributed by atoms with Crippen LogP contribution in [0.1, 0.15) is 11.6 Å².